The summed E-state index contributed by atoms with van der Waals surface area (Å²) in [6.45, 7) is 6.82. The predicted octanol–water partition coefficient (Wildman–Crippen LogP) is 6.56. The lowest BCUT2D eigenvalue weighted by Crippen LogP contribution is -2.36. The van der Waals surface area contributed by atoms with Crippen LogP contribution in [0.25, 0.3) is 22.6 Å². The summed E-state index contributed by atoms with van der Waals surface area (Å²) in [6.07, 6.45) is 4.34. The summed E-state index contributed by atoms with van der Waals surface area (Å²) >= 11 is 0. The van der Waals surface area contributed by atoms with Crippen LogP contribution in [0.2, 0.25) is 0 Å². The van der Waals surface area contributed by atoms with Crippen molar-refractivity contribution in [2.45, 2.75) is 33.1 Å². The van der Waals surface area contributed by atoms with E-state index < -0.39 is 18.5 Å². The van der Waals surface area contributed by atoms with E-state index >= 15 is 0 Å². The molecule has 0 radical (unpaired) electrons. The zero-order valence-electron chi connectivity index (χ0n) is 29.0. The van der Waals surface area contributed by atoms with Crippen LogP contribution < -0.4 is 29.2 Å². The van der Waals surface area contributed by atoms with E-state index in [1.165, 1.54) is 0 Å². The third-order valence-corrected chi connectivity index (χ3v) is 8.74. The summed E-state index contributed by atoms with van der Waals surface area (Å²) < 4.78 is 34.0. The monoisotopic (exact) mass is 681 g/mol. The van der Waals surface area contributed by atoms with Crippen LogP contribution in [0, 0.1) is 0 Å². The third kappa shape index (κ3) is 7.47. The van der Waals surface area contributed by atoms with Crippen LogP contribution in [0.3, 0.4) is 0 Å². The zero-order chi connectivity index (χ0) is 35.0. The fourth-order valence-electron chi connectivity index (χ4n) is 6.49. The van der Waals surface area contributed by atoms with Crippen molar-refractivity contribution in [3.8, 4) is 23.0 Å². The van der Waals surface area contributed by atoms with Gasteiger partial charge in [0.2, 0.25) is 0 Å². The van der Waals surface area contributed by atoms with Gasteiger partial charge in [0.15, 0.2) is 18.1 Å². The average molecular weight is 682 g/mol. The maximum atomic E-state index is 13.9. The molecule has 1 saturated heterocycles. The van der Waals surface area contributed by atoms with Gasteiger partial charge < -0.3 is 38.6 Å². The fourth-order valence-corrected chi connectivity index (χ4v) is 6.49. The molecule has 11 nitrogen and oxygen atoms in total. The van der Waals surface area contributed by atoms with E-state index in [0.29, 0.717) is 91.1 Å². The van der Waals surface area contributed by atoms with Crippen LogP contribution in [-0.4, -0.2) is 77.2 Å². The molecule has 0 spiro atoms. The number of esters is 1. The summed E-state index contributed by atoms with van der Waals surface area (Å²) in [5.74, 6) is 1.32. The quantitative estimate of drug-likeness (QED) is 0.165. The number of carbonyl (C=O) groups excluding carboxylic acids is 2. The number of para-hydroxylation sites is 1. The lowest BCUT2D eigenvalue weighted by Gasteiger charge is -2.31. The van der Waals surface area contributed by atoms with Crippen molar-refractivity contribution in [3.05, 3.63) is 77.0 Å². The highest BCUT2D eigenvalue weighted by atomic mass is 16.5. The maximum absolute atomic E-state index is 13.9. The van der Waals surface area contributed by atoms with Crippen LogP contribution in [0.4, 0.5) is 11.4 Å². The second-order valence-corrected chi connectivity index (χ2v) is 11.9. The van der Waals surface area contributed by atoms with Gasteiger partial charge in [0.05, 0.1) is 68.8 Å². The summed E-state index contributed by atoms with van der Waals surface area (Å²) in [5, 5.41) is 3.56. The molecule has 2 heterocycles. The number of pyridine rings is 1. The largest absolute Gasteiger partial charge is 0.493 e. The number of allylic oxidation sites excluding steroid dienone is 1. The normalized spacial score (nSPS) is 15.0. The molecule has 1 aliphatic heterocycles. The van der Waals surface area contributed by atoms with Crippen LogP contribution >= 0.6 is 0 Å². The third-order valence-electron chi connectivity index (χ3n) is 8.74. The molecule has 0 saturated carbocycles. The number of aromatic nitrogens is 1. The molecule has 3 aromatic carbocycles. The van der Waals surface area contributed by atoms with Gasteiger partial charge in [0, 0.05) is 30.6 Å². The Kier molecular flexibility index (Phi) is 11.0. The second kappa shape index (κ2) is 15.9. The van der Waals surface area contributed by atoms with E-state index in [1.807, 2.05) is 62.4 Å². The minimum atomic E-state index is -0.579. The predicted molar refractivity (Wildman–Crippen MR) is 193 cm³/mol. The lowest BCUT2D eigenvalue weighted by atomic mass is 9.86. The molecule has 4 aromatic rings. The molecular formula is C39H43N3O8. The second-order valence-electron chi connectivity index (χ2n) is 11.9. The fraction of sp³-hybridized carbons (Fsp3) is 0.359. The molecule has 2 aliphatic rings. The van der Waals surface area contributed by atoms with Gasteiger partial charge in [-0.05, 0) is 74.1 Å². The van der Waals surface area contributed by atoms with Crippen molar-refractivity contribution < 1.29 is 38.0 Å². The first-order valence-electron chi connectivity index (χ1n) is 17.0. The number of hydrogen-bond acceptors (Lipinski definition) is 10. The van der Waals surface area contributed by atoms with Crippen molar-refractivity contribution in [1.29, 1.82) is 0 Å². The maximum Gasteiger partial charge on any atom is 0.339 e. The number of hydrogen-bond donors (Lipinski definition) is 1. The number of ether oxygens (including phenoxy) is 6. The topological polar surface area (TPSA) is 118 Å². The van der Waals surface area contributed by atoms with E-state index in [0.717, 1.165) is 40.9 Å². The highest BCUT2D eigenvalue weighted by Crippen LogP contribution is 2.40. The molecule has 1 aliphatic carbocycles. The van der Waals surface area contributed by atoms with Gasteiger partial charge in [0.1, 0.15) is 11.5 Å². The number of anilines is 2. The molecule has 1 fully saturated rings. The van der Waals surface area contributed by atoms with Gasteiger partial charge in [0.25, 0.3) is 5.91 Å². The minimum Gasteiger partial charge on any atom is -0.493 e. The number of methoxy groups -OCH3 is 2. The van der Waals surface area contributed by atoms with Gasteiger partial charge >= 0.3 is 5.97 Å². The standard InChI is InChI=1S/C39H43N3O8/c1-5-48-33-23-31(42-16-18-47-19-17-42)34(49-6-2)22-30(33)40-36(43)24-50-39(44)37-27-11-7-8-13-29(27)41-38-26(10-9-12-28(37)38)20-25-14-15-32(45-3)35(21-25)46-4/h7-8,11,13-15,20-23H,5-6,9-10,12,16-19,24H2,1-4H3,(H,40,43)/b26-20-. The molecule has 50 heavy (non-hydrogen) atoms. The van der Waals surface area contributed by atoms with E-state index in [4.69, 9.17) is 33.4 Å². The molecule has 0 unspecified atom stereocenters. The average Bonchev–Trinajstić information content (AvgIpc) is 3.14. The first-order valence-corrected chi connectivity index (χ1v) is 17.0. The van der Waals surface area contributed by atoms with Crippen molar-refractivity contribution in [1.82, 2.24) is 4.98 Å². The molecule has 1 N–H and O–H groups in total. The van der Waals surface area contributed by atoms with Gasteiger partial charge in [-0.1, -0.05) is 24.3 Å². The van der Waals surface area contributed by atoms with Crippen molar-refractivity contribution >= 4 is 45.8 Å². The van der Waals surface area contributed by atoms with Crippen molar-refractivity contribution in [2.75, 3.05) is 70.6 Å². The van der Waals surface area contributed by atoms with E-state index in [2.05, 4.69) is 16.3 Å². The van der Waals surface area contributed by atoms with Crippen molar-refractivity contribution in [3.63, 3.8) is 0 Å². The Morgan fingerprint density at radius 1 is 0.900 bits per heavy atom. The summed E-state index contributed by atoms with van der Waals surface area (Å²) in [5.41, 5.74) is 5.91. The van der Waals surface area contributed by atoms with Crippen LogP contribution in [0.1, 0.15) is 53.9 Å². The van der Waals surface area contributed by atoms with Gasteiger partial charge in [-0.3, -0.25) is 4.79 Å². The summed E-state index contributed by atoms with van der Waals surface area (Å²) in [4.78, 5) is 34.4. The molecule has 0 atom stereocenters. The first kappa shape index (κ1) is 34.6. The highest BCUT2D eigenvalue weighted by Gasteiger charge is 2.27. The molecule has 1 aromatic heterocycles. The Hall–Kier alpha value is -5.29. The minimum absolute atomic E-state index is 0.400. The number of rotatable bonds is 12. The van der Waals surface area contributed by atoms with Gasteiger partial charge in [-0.15, -0.1) is 0 Å². The molecule has 6 rings (SSSR count). The number of carbonyl (C=O) groups is 2. The lowest BCUT2D eigenvalue weighted by molar-refractivity contribution is -0.119. The number of benzene rings is 3. The smallest absolute Gasteiger partial charge is 0.339 e. The van der Waals surface area contributed by atoms with Crippen molar-refractivity contribution in [2.24, 2.45) is 0 Å². The van der Waals surface area contributed by atoms with Gasteiger partial charge in [-0.2, -0.15) is 0 Å². The molecule has 0 bridgehead atoms. The molecule has 262 valence electrons. The number of nitrogens with one attached hydrogen (secondary N) is 1. The Balaban J connectivity index is 1.26. The Morgan fingerprint density at radius 3 is 2.42 bits per heavy atom. The van der Waals surface area contributed by atoms with E-state index in [-0.39, 0.29) is 0 Å². The zero-order valence-corrected chi connectivity index (χ0v) is 29.0. The Morgan fingerprint density at radius 2 is 1.66 bits per heavy atom. The van der Waals surface area contributed by atoms with Crippen LogP contribution in [0.5, 0.6) is 23.0 Å². The van der Waals surface area contributed by atoms with Gasteiger partial charge in [-0.25, -0.2) is 9.78 Å². The summed E-state index contributed by atoms with van der Waals surface area (Å²) in [7, 11) is 3.21. The Labute approximate surface area is 292 Å². The first-order chi connectivity index (χ1) is 24.4. The number of morpholine rings is 1. The SMILES string of the molecule is CCOc1cc(N2CCOCC2)c(OCC)cc1NC(=O)COC(=O)c1c2c(nc3ccccc13)/C(=C\c1ccc(OC)c(OC)c1)CCC2. The molecular weight excluding hydrogens is 638 g/mol. The number of fused-ring (bicyclic) bond motifs is 2. The van der Waals surface area contributed by atoms with Crippen LogP contribution in [-0.2, 0) is 20.7 Å². The summed E-state index contributed by atoms with van der Waals surface area (Å²) in [6, 6.07) is 16.9. The van der Waals surface area contributed by atoms with E-state index in [9.17, 15) is 9.59 Å². The van der Waals surface area contributed by atoms with Crippen LogP contribution in [0.15, 0.2) is 54.6 Å². The molecule has 1 amide bonds. The Bertz CT molecular complexity index is 1900. The highest BCUT2D eigenvalue weighted by molar-refractivity contribution is 6.07. The number of amides is 1. The van der Waals surface area contributed by atoms with E-state index in [1.54, 1.807) is 20.3 Å². The molecule has 11 heteroatoms. The number of nitrogens with zero attached hydrogens (tertiary/aromatic N) is 2.